The van der Waals surface area contributed by atoms with Crippen LogP contribution >= 0.6 is 11.3 Å². The molecule has 0 unspecified atom stereocenters. The molecule has 2 rings (SSSR count). The quantitative estimate of drug-likeness (QED) is 0.879. The molecular formula is C12H21N3S. The van der Waals surface area contributed by atoms with E-state index in [0.29, 0.717) is 5.41 Å². The van der Waals surface area contributed by atoms with Gasteiger partial charge in [0.2, 0.25) is 0 Å². The van der Waals surface area contributed by atoms with Gasteiger partial charge in [-0.05, 0) is 45.3 Å². The predicted octanol–water partition coefficient (Wildman–Crippen LogP) is 2.60. The largest absolute Gasteiger partial charge is 0.361 e. The van der Waals surface area contributed by atoms with Gasteiger partial charge in [0.25, 0.3) is 0 Å². The maximum absolute atomic E-state index is 4.44. The van der Waals surface area contributed by atoms with Crippen molar-refractivity contribution < 1.29 is 0 Å². The van der Waals surface area contributed by atoms with Gasteiger partial charge in [-0.25, -0.2) is 4.98 Å². The van der Waals surface area contributed by atoms with Crippen molar-refractivity contribution in [1.82, 2.24) is 9.88 Å². The van der Waals surface area contributed by atoms with Crippen LogP contribution in [0.1, 0.15) is 25.5 Å². The average Bonchev–Trinajstić information content (AvgIpc) is 2.67. The second-order valence-electron chi connectivity index (χ2n) is 5.26. The summed E-state index contributed by atoms with van der Waals surface area (Å²) in [6, 6.07) is 0. The summed E-state index contributed by atoms with van der Waals surface area (Å²) < 4.78 is 0. The van der Waals surface area contributed by atoms with Gasteiger partial charge in [0.15, 0.2) is 5.13 Å². The summed E-state index contributed by atoms with van der Waals surface area (Å²) in [5, 5.41) is 6.64. The fraction of sp³-hybridized carbons (Fsp3) is 0.750. The number of thiazole rings is 1. The lowest BCUT2D eigenvalue weighted by atomic mass is 9.80. The highest BCUT2D eigenvalue weighted by atomic mass is 32.1. The molecule has 4 heteroatoms. The fourth-order valence-corrected chi connectivity index (χ4v) is 2.75. The van der Waals surface area contributed by atoms with E-state index in [1.54, 1.807) is 11.3 Å². The molecule has 3 nitrogen and oxygen atoms in total. The monoisotopic (exact) mass is 239 g/mol. The normalized spacial score (nSPS) is 20.9. The number of aromatic nitrogens is 1. The van der Waals surface area contributed by atoms with Gasteiger partial charge in [0.05, 0.1) is 5.69 Å². The summed E-state index contributed by atoms with van der Waals surface area (Å²) in [6.07, 6.45) is 2.56. The molecule has 90 valence electrons. The highest BCUT2D eigenvalue weighted by molar-refractivity contribution is 7.13. The average molecular weight is 239 g/mol. The molecule has 1 aliphatic heterocycles. The highest BCUT2D eigenvalue weighted by Gasteiger charge is 2.28. The number of piperidine rings is 1. The van der Waals surface area contributed by atoms with Crippen LogP contribution in [0.15, 0.2) is 5.38 Å². The van der Waals surface area contributed by atoms with Crippen molar-refractivity contribution in [1.29, 1.82) is 0 Å². The third kappa shape index (κ3) is 2.95. The third-order valence-corrected chi connectivity index (χ3v) is 4.40. The van der Waals surface area contributed by atoms with Crippen molar-refractivity contribution in [2.24, 2.45) is 5.41 Å². The first-order valence-corrected chi connectivity index (χ1v) is 6.80. The van der Waals surface area contributed by atoms with E-state index in [9.17, 15) is 0 Å². The first-order chi connectivity index (χ1) is 7.57. The molecule has 1 aromatic heterocycles. The lowest BCUT2D eigenvalue weighted by molar-refractivity contribution is 0.150. The zero-order valence-electron chi connectivity index (χ0n) is 10.4. The molecule has 16 heavy (non-hydrogen) atoms. The number of aryl methyl sites for hydroxylation is 1. The molecule has 1 aromatic rings. The number of likely N-dealkylation sites (tertiary alicyclic amines) is 1. The molecule has 0 amide bonds. The maximum Gasteiger partial charge on any atom is 0.182 e. The number of hydrogen-bond acceptors (Lipinski definition) is 4. The first-order valence-electron chi connectivity index (χ1n) is 5.92. The summed E-state index contributed by atoms with van der Waals surface area (Å²) in [5.41, 5.74) is 1.55. The number of nitrogens with one attached hydrogen (secondary N) is 1. The molecule has 1 fully saturated rings. The molecule has 0 bridgehead atoms. The molecular weight excluding hydrogens is 218 g/mol. The van der Waals surface area contributed by atoms with E-state index in [0.717, 1.165) is 17.4 Å². The SMILES string of the molecule is Cc1csc(NCC2(C)CCN(C)CC2)n1. The van der Waals surface area contributed by atoms with Crippen molar-refractivity contribution in [2.45, 2.75) is 26.7 Å². The minimum atomic E-state index is 0.437. The van der Waals surface area contributed by atoms with Crippen LogP contribution in [0.2, 0.25) is 0 Å². The smallest absolute Gasteiger partial charge is 0.182 e. The first kappa shape index (κ1) is 11.9. The van der Waals surface area contributed by atoms with Crippen molar-refractivity contribution in [3.05, 3.63) is 11.1 Å². The van der Waals surface area contributed by atoms with Crippen molar-refractivity contribution in [2.75, 3.05) is 32.0 Å². The molecule has 0 aliphatic carbocycles. The second-order valence-corrected chi connectivity index (χ2v) is 6.12. The Balaban J connectivity index is 1.85. The number of nitrogens with zero attached hydrogens (tertiary/aromatic N) is 2. The third-order valence-electron chi connectivity index (χ3n) is 3.48. The van der Waals surface area contributed by atoms with E-state index in [4.69, 9.17) is 0 Å². The number of rotatable bonds is 3. The Labute approximate surface area is 102 Å². The Morgan fingerprint density at radius 1 is 1.50 bits per heavy atom. The Kier molecular flexibility index (Phi) is 3.50. The fourth-order valence-electron chi connectivity index (χ4n) is 2.06. The van der Waals surface area contributed by atoms with E-state index < -0.39 is 0 Å². The topological polar surface area (TPSA) is 28.2 Å². The van der Waals surface area contributed by atoms with Crippen LogP contribution < -0.4 is 5.32 Å². The zero-order valence-corrected chi connectivity index (χ0v) is 11.2. The maximum atomic E-state index is 4.44. The highest BCUT2D eigenvalue weighted by Crippen LogP contribution is 2.30. The Morgan fingerprint density at radius 3 is 2.75 bits per heavy atom. The summed E-state index contributed by atoms with van der Waals surface area (Å²) in [6.45, 7) is 7.91. The Hall–Kier alpha value is -0.610. The molecule has 1 N–H and O–H groups in total. The van der Waals surface area contributed by atoms with Crippen LogP contribution in [0.5, 0.6) is 0 Å². The van der Waals surface area contributed by atoms with Gasteiger partial charge >= 0.3 is 0 Å². The Bertz CT molecular complexity index is 340. The lowest BCUT2D eigenvalue weighted by Crippen LogP contribution is -2.40. The van der Waals surface area contributed by atoms with E-state index in [1.165, 1.54) is 25.9 Å². The molecule has 2 heterocycles. The van der Waals surface area contributed by atoms with Crippen LogP contribution in [0, 0.1) is 12.3 Å². The van der Waals surface area contributed by atoms with E-state index >= 15 is 0 Å². The van der Waals surface area contributed by atoms with Crippen LogP contribution in [0.25, 0.3) is 0 Å². The second kappa shape index (κ2) is 4.72. The molecule has 0 radical (unpaired) electrons. The molecule has 0 saturated carbocycles. The van der Waals surface area contributed by atoms with E-state index in [-0.39, 0.29) is 0 Å². The van der Waals surface area contributed by atoms with Gasteiger partial charge in [-0.3, -0.25) is 0 Å². The summed E-state index contributed by atoms with van der Waals surface area (Å²) >= 11 is 1.70. The molecule has 0 atom stereocenters. The van der Waals surface area contributed by atoms with Crippen molar-refractivity contribution >= 4 is 16.5 Å². The van der Waals surface area contributed by atoms with Gasteiger partial charge in [-0.1, -0.05) is 6.92 Å². The lowest BCUT2D eigenvalue weighted by Gasteiger charge is -2.37. The van der Waals surface area contributed by atoms with Gasteiger partial charge in [0.1, 0.15) is 0 Å². The van der Waals surface area contributed by atoms with Crippen molar-refractivity contribution in [3.63, 3.8) is 0 Å². The van der Waals surface area contributed by atoms with Crippen LogP contribution in [0.3, 0.4) is 0 Å². The van der Waals surface area contributed by atoms with Crippen LogP contribution in [0.4, 0.5) is 5.13 Å². The number of hydrogen-bond donors (Lipinski definition) is 1. The van der Waals surface area contributed by atoms with Crippen molar-refractivity contribution in [3.8, 4) is 0 Å². The minimum Gasteiger partial charge on any atom is -0.361 e. The summed E-state index contributed by atoms with van der Waals surface area (Å²) in [5.74, 6) is 0. The molecule has 0 aromatic carbocycles. The molecule has 0 spiro atoms. The number of anilines is 1. The summed E-state index contributed by atoms with van der Waals surface area (Å²) in [4.78, 5) is 6.85. The van der Waals surface area contributed by atoms with Crippen LogP contribution in [-0.2, 0) is 0 Å². The molecule has 1 aliphatic rings. The summed E-state index contributed by atoms with van der Waals surface area (Å²) in [7, 11) is 2.21. The standard InChI is InChI=1S/C12H21N3S/c1-10-8-16-11(14-10)13-9-12(2)4-6-15(3)7-5-12/h8H,4-7,9H2,1-3H3,(H,13,14). The van der Waals surface area contributed by atoms with E-state index in [2.05, 4.69) is 34.6 Å². The van der Waals surface area contributed by atoms with Gasteiger partial charge in [-0.15, -0.1) is 11.3 Å². The predicted molar refractivity (Wildman–Crippen MR) is 70.2 cm³/mol. The van der Waals surface area contributed by atoms with Gasteiger partial charge < -0.3 is 10.2 Å². The van der Waals surface area contributed by atoms with Crippen LogP contribution in [-0.4, -0.2) is 36.6 Å². The minimum absolute atomic E-state index is 0.437. The van der Waals surface area contributed by atoms with Gasteiger partial charge in [-0.2, -0.15) is 0 Å². The molecule has 1 saturated heterocycles. The van der Waals surface area contributed by atoms with Gasteiger partial charge in [0, 0.05) is 11.9 Å². The van der Waals surface area contributed by atoms with E-state index in [1.807, 2.05) is 6.92 Å². The zero-order chi connectivity index (χ0) is 11.6. The Morgan fingerprint density at radius 2 is 2.19 bits per heavy atom.